The molecule has 0 aliphatic carbocycles. The van der Waals surface area contributed by atoms with Crippen LogP contribution in [-0.2, 0) is 11.2 Å². The molecular weight excluding hydrogens is 218 g/mol. The van der Waals surface area contributed by atoms with E-state index in [9.17, 15) is 18.4 Å². The highest BCUT2D eigenvalue weighted by atomic mass is 19.3. The standard InChI is InChI=1S/C11H10F2O3/c1-11(12,13)6-7-2-4-8(5-3-7)9(14)10(15)16/h2-5H,6H2,1H3,(H,15,16). The van der Waals surface area contributed by atoms with Crippen LogP contribution in [0.3, 0.4) is 0 Å². The Morgan fingerprint density at radius 1 is 1.25 bits per heavy atom. The Balaban J connectivity index is 2.84. The fourth-order valence-corrected chi connectivity index (χ4v) is 1.26. The minimum absolute atomic E-state index is 0.0179. The van der Waals surface area contributed by atoms with E-state index >= 15 is 0 Å². The van der Waals surface area contributed by atoms with Crippen molar-refractivity contribution in [1.82, 2.24) is 0 Å². The number of ketones is 1. The van der Waals surface area contributed by atoms with Crippen LogP contribution in [0.5, 0.6) is 0 Å². The van der Waals surface area contributed by atoms with E-state index in [1.807, 2.05) is 0 Å². The normalized spacial score (nSPS) is 11.2. The summed E-state index contributed by atoms with van der Waals surface area (Å²) < 4.78 is 25.3. The number of aliphatic carboxylic acids is 1. The van der Waals surface area contributed by atoms with E-state index in [1.165, 1.54) is 24.3 Å². The first kappa shape index (κ1) is 12.3. The van der Waals surface area contributed by atoms with Crippen LogP contribution >= 0.6 is 0 Å². The van der Waals surface area contributed by atoms with E-state index < -0.39 is 24.1 Å². The second-order valence-electron chi connectivity index (χ2n) is 3.58. The van der Waals surface area contributed by atoms with Gasteiger partial charge >= 0.3 is 5.97 Å². The molecule has 0 spiro atoms. The Hall–Kier alpha value is -1.78. The second-order valence-corrected chi connectivity index (χ2v) is 3.58. The maximum absolute atomic E-state index is 12.6. The number of hydrogen-bond donors (Lipinski definition) is 1. The number of Topliss-reactive ketones (excluding diaryl/α,β-unsaturated/α-hetero) is 1. The van der Waals surface area contributed by atoms with Crippen LogP contribution in [0.4, 0.5) is 8.78 Å². The number of carbonyl (C=O) groups is 2. The minimum Gasteiger partial charge on any atom is -0.475 e. The summed E-state index contributed by atoms with van der Waals surface area (Å²) in [4.78, 5) is 21.3. The number of benzene rings is 1. The third kappa shape index (κ3) is 3.42. The molecule has 0 aliphatic rings. The lowest BCUT2D eigenvalue weighted by Gasteiger charge is -2.09. The third-order valence-corrected chi connectivity index (χ3v) is 1.92. The van der Waals surface area contributed by atoms with Gasteiger partial charge in [-0.15, -0.1) is 0 Å². The van der Waals surface area contributed by atoms with Crippen LogP contribution in [0.15, 0.2) is 24.3 Å². The maximum Gasteiger partial charge on any atom is 0.377 e. The van der Waals surface area contributed by atoms with Crippen molar-refractivity contribution in [2.24, 2.45) is 0 Å². The fraction of sp³-hybridized carbons (Fsp3) is 0.273. The zero-order chi connectivity index (χ0) is 12.3. The molecule has 0 aromatic heterocycles. The van der Waals surface area contributed by atoms with Crippen LogP contribution in [0.1, 0.15) is 22.8 Å². The van der Waals surface area contributed by atoms with Crippen LogP contribution < -0.4 is 0 Å². The van der Waals surface area contributed by atoms with Crippen molar-refractivity contribution in [2.45, 2.75) is 19.3 Å². The van der Waals surface area contributed by atoms with Crippen molar-refractivity contribution in [3.05, 3.63) is 35.4 Å². The summed E-state index contributed by atoms with van der Waals surface area (Å²) in [5.41, 5.74) is 0.338. The molecule has 5 heteroatoms. The molecule has 1 aromatic carbocycles. The van der Waals surface area contributed by atoms with Gasteiger partial charge in [0.05, 0.1) is 0 Å². The van der Waals surface area contributed by atoms with E-state index in [1.54, 1.807) is 0 Å². The molecule has 1 rings (SSSR count). The molecule has 16 heavy (non-hydrogen) atoms. The van der Waals surface area contributed by atoms with E-state index in [0.717, 1.165) is 6.92 Å². The maximum atomic E-state index is 12.6. The lowest BCUT2D eigenvalue weighted by Crippen LogP contribution is -2.15. The second kappa shape index (κ2) is 4.38. The Bertz CT molecular complexity index is 404. The van der Waals surface area contributed by atoms with E-state index in [4.69, 9.17) is 5.11 Å². The molecule has 86 valence electrons. The summed E-state index contributed by atoms with van der Waals surface area (Å²) in [6, 6.07) is 5.12. The van der Waals surface area contributed by atoms with Crippen molar-refractivity contribution in [3.63, 3.8) is 0 Å². The number of rotatable bonds is 4. The Kier molecular flexibility index (Phi) is 3.37. The van der Waals surface area contributed by atoms with E-state index in [-0.39, 0.29) is 5.56 Å². The predicted octanol–water partition coefficient (Wildman–Crippen LogP) is 2.15. The fourth-order valence-electron chi connectivity index (χ4n) is 1.26. The number of carboxylic acids is 1. The summed E-state index contributed by atoms with van der Waals surface area (Å²) in [5, 5.41) is 8.42. The molecule has 1 N–H and O–H groups in total. The summed E-state index contributed by atoms with van der Waals surface area (Å²) in [6.07, 6.45) is -0.436. The Labute approximate surface area is 90.7 Å². The van der Waals surface area contributed by atoms with Gasteiger partial charge in [0.1, 0.15) is 0 Å². The van der Waals surface area contributed by atoms with Gasteiger partial charge in [-0.2, -0.15) is 0 Å². The molecule has 0 fully saturated rings. The zero-order valence-corrected chi connectivity index (χ0v) is 8.54. The van der Waals surface area contributed by atoms with Gasteiger partial charge < -0.3 is 5.11 Å². The average molecular weight is 228 g/mol. The average Bonchev–Trinajstić information content (AvgIpc) is 2.15. The summed E-state index contributed by atoms with van der Waals surface area (Å²) in [6.45, 7) is 0.795. The van der Waals surface area contributed by atoms with E-state index in [2.05, 4.69) is 0 Å². The molecule has 0 aliphatic heterocycles. The first-order chi connectivity index (χ1) is 7.29. The highest BCUT2D eigenvalue weighted by Gasteiger charge is 2.22. The van der Waals surface area contributed by atoms with Crippen LogP contribution in [0, 0.1) is 0 Å². The first-order valence-electron chi connectivity index (χ1n) is 4.54. The number of halogens is 2. The number of carboxylic acid groups (broad SMARTS) is 1. The minimum atomic E-state index is -2.82. The molecule has 0 bridgehead atoms. The molecule has 0 radical (unpaired) electrons. The van der Waals surface area contributed by atoms with Gasteiger partial charge in [-0.3, -0.25) is 4.79 Å². The molecule has 0 heterocycles. The van der Waals surface area contributed by atoms with Crippen molar-refractivity contribution in [2.75, 3.05) is 0 Å². The van der Waals surface area contributed by atoms with Crippen LogP contribution in [0.2, 0.25) is 0 Å². The highest BCUT2D eigenvalue weighted by Crippen LogP contribution is 2.19. The summed E-state index contributed by atoms with van der Waals surface area (Å²) in [5.74, 6) is -5.43. The van der Waals surface area contributed by atoms with Crippen molar-refractivity contribution >= 4 is 11.8 Å². The third-order valence-electron chi connectivity index (χ3n) is 1.92. The predicted molar refractivity (Wildman–Crippen MR) is 52.7 cm³/mol. The van der Waals surface area contributed by atoms with Crippen molar-refractivity contribution < 1.29 is 23.5 Å². The van der Waals surface area contributed by atoms with Crippen LogP contribution in [-0.4, -0.2) is 22.8 Å². The smallest absolute Gasteiger partial charge is 0.377 e. The number of carbonyl (C=O) groups excluding carboxylic acids is 1. The monoisotopic (exact) mass is 228 g/mol. The molecule has 3 nitrogen and oxygen atoms in total. The number of hydrogen-bond acceptors (Lipinski definition) is 2. The molecule has 0 atom stereocenters. The quantitative estimate of drug-likeness (QED) is 0.634. The first-order valence-corrected chi connectivity index (χ1v) is 4.54. The lowest BCUT2D eigenvalue weighted by atomic mass is 10.0. The van der Waals surface area contributed by atoms with Gasteiger partial charge in [0.2, 0.25) is 5.92 Å². The van der Waals surface area contributed by atoms with Gasteiger partial charge in [0.25, 0.3) is 5.78 Å². The SMILES string of the molecule is CC(F)(F)Cc1ccc(C(=O)C(=O)O)cc1. The molecular formula is C11H10F2O3. The Morgan fingerprint density at radius 3 is 2.12 bits per heavy atom. The molecule has 0 saturated carbocycles. The van der Waals surface area contributed by atoms with Gasteiger partial charge in [0.15, 0.2) is 0 Å². The highest BCUT2D eigenvalue weighted by molar-refractivity contribution is 6.39. The Morgan fingerprint density at radius 2 is 1.75 bits per heavy atom. The molecule has 1 aromatic rings. The van der Waals surface area contributed by atoms with Crippen LogP contribution in [0.25, 0.3) is 0 Å². The molecule has 0 unspecified atom stereocenters. The summed E-state index contributed by atoms with van der Waals surface area (Å²) in [7, 11) is 0. The van der Waals surface area contributed by atoms with Gasteiger partial charge in [-0.25, -0.2) is 13.6 Å². The van der Waals surface area contributed by atoms with Gasteiger partial charge in [0, 0.05) is 12.0 Å². The summed E-state index contributed by atoms with van der Waals surface area (Å²) >= 11 is 0. The largest absolute Gasteiger partial charge is 0.475 e. The van der Waals surface area contributed by atoms with E-state index in [0.29, 0.717) is 5.56 Å². The van der Waals surface area contributed by atoms with Gasteiger partial charge in [-0.1, -0.05) is 24.3 Å². The lowest BCUT2D eigenvalue weighted by molar-refractivity contribution is -0.131. The number of alkyl halides is 2. The van der Waals surface area contributed by atoms with Gasteiger partial charge in [-0.05, 0) is 12.5 Å². The molecule has 0 saturated heterocycles. The molecule has 0 amide bonds. The van der Waals surface area contributed by atoms with Crippen molar-refractivity contribution in [3.8, 4) is 0 Å². The zero-order valence-electron chi connectivity index (χ0n) is 8.54. The van der Waals surface area contributed by atoms with Crippen molar-refractivity contribution in [1.29, 1.82) is 0 Å². The topological polar surface area (TPSA) is 54.4 Å².